The average molecular weight is 194 g/mol. The number of anilines is 2. The summed E-state index contributed by atoms with van der Waals surface area (Å²) in [5.74, 6) is 1.06. The average Bonchev–Trinajstić information content (AvgIpc) is 2.31. The fraction of sp³-hybridized carbons (Fsp3) is 0.545. The SMILES string of the molecule is [2H]c1c(N)nc(N2CCCC(C)C2)c([2H])c1[2H]. The summed E-state index contributed by atoms with van der Waals surface area (Å²) in [6, 6.07) is -0.271. The van der Waals surface area contributed by atoms with E-state index in [4.69, 9.17) is 9.85 Å². The third kappa shape index (κ3) is 1.97. The molecule has 1 atom stereocenters. The van der Waals surface area contributed by atoms with Crippen LogP contribution in [0.2, 0.25) is 0 Å². The first-order valence-corrected chi connectivity index (χ1v) is 4.99. The molecule has 0 saturated carbocycles. The van der Waals surface area contributed by atoms with Gasteiger partial charge in [-0.05, 0) is 30.8 Å². The van der Waals surface area contributed by atoms with Crippen LogP contribution in [-0.4, -0.2) is 18.1 Å². The zero-order valence-electron chi connectivity index (χ0n) is 11.4. The maximum absolute atomic E-state index is 7.87. The minimum absolute atomic E-state index is 0.0123. The van der Waals surface area contributed by atoms with Crippen molar-refractivity contribution in [3.05, 3.63) is 18.1 Å². The van der Waals surface area contributed by atoms with Crippen LogP contribution in [0.1, 0.15) is 23.9 Å². The van der Waals surface area contributed by atoms with Gasteiger partial charge in [0.15, 0.2) is 0 Å². The highest BCUT2D eigenvalue weighted by atomic mass is 15.2. The highest BCUT2D eigenvalue weighted by molar-refractivity contribution is 5.45. The Kier molecular flexibility index (Phi) is 1.73. The molecule has 0 radical (unpaired) electrons. The van der Waals surface area contributed by atoms with E-state index in [2.05, 4.69) is 11.9 Å². The highest BCUT2D eigenvalue weighted by Crippen LogP contribution is 2.21. The number of hydrogen-bond acceptors (Lipinski definition) is 3. The molecule has 1 aliphatic heterocycles. The van der Waals surface area contributed by atoms with Crippen LogP contribution in [0, 0.1) is 5.92 Å². The Hall–Kier alpha value is -1.25. The molecule has 1 aliphatic rings. The van der Waals surface area contributed by atoms with Crippen LogP contribution in [0.3, 0.4) is 0 Å². The van der Waals surface area contributed by atoms with Crippen molar-refractivity contribution in [2.24, 2.45) is 5.92 Å². The summed E-state index contributed by atoms with van der Waals surface area (Å²) in [5.41, 5.74) is 5.60. The van der Waals surface area contributed by atoms with E-state index in [1.165, 1.54) is 6.42 Å². The largest absolute Gasteiger partial charge is 0.384 e. The first kappa shape index (κ1) is 6.27. The number of piperidine rings is 1. The first-order valence-electron chi connectivity index (χ1n) is 6.49. The van der Waals surface area contributed by atoms with E-state index in [1.54, 1.807) is 0 Å². The molecule has 3 nitrogen and oxygen atoms in total. The molecular formula is C11H17N3. The molecule has 0 amide bonds. The van der Waals surface area contributed by atoms with Crippen molar-refractivity contribution in [2.45, 2.75) is 19.8 Å². The number of rotatable bonds is 1. The molecule has 1 aromatic rings. The summed E-state index contributed by atoms with van der Waals surface area (Å²) in [6.07, 6.45) is 2.25. The Bertz CT molecular complexity index is 436. The summed E-state index contributed by atoms with van der Waals surface area (Å²) in [6.45, 7) is 3.86. The van der Waals surface area contributed by atoms with Crippen molar-refractivity contribution in [1.29, 1.82) is 0 Å². The topological polar surface area (TPSA) is 42.1 Å². The monoisotopic (exact) mass is 194 g/mol. The van der Waals surface area contributed by atoms with Gasteiger partial charge in [0.25, 0.3) is 0 Å². The molecule has 1 aromatic heterocycles. The maximum atomic E-state index is 7.87. The van der Waals surface area contributed by atoms with E-state index in [9.17, 15) is 0 Å². The van der Waals surface area contributed by atoms with Crippen LogP contribution < -0.4 is 10.6 Å². The van der Waals surface area contributed by atoms with Gasteiger partial charge in [-0.15, -0.1) is 0 Å². The van der Waals surface area contributed by atoms with E-state index in [-0.39, 0.29) is 23.9 Å². The Morgan fingerprint density at radius 1 is 1.64 bits per heavy atom. The molecule has 1 unspecified atom stereocenters. The fourth-order valence-electron chi connectivity index (χ4n) is 1.85. The van der Waals surface area contributed by atoms with Gasteiger partial charge in [-0.2, -0.15) is 0 Å². The summed E-state index contributed by atoms with van der Waals surface area (Å²) in [5, 5.41) is 0. The smallest absolute Gasteiger partial charge is 0.130 e. The molecular weight excluding hydrogens is 174 g/mol. The molecule has 1 saturated heterocycles. The normalized spacial score (nSPS) is 25.4. The van der Waals surface area contributed by atoms with Crippen molar-refractivity contribution in [3.8, 4) is 0 Å². The molecule has 14 heavy (non-hydrogen) atoms. The summed E-state index contributed by atoms with van der Waals surface area (Å²) in [7, 11) is 0. The number of nitrogens with zero attached hydrogens (tertiary/aromatic N) is 2. The number of nitrogen functional groups attached to an aromatic ring is 1. The van der Waals surface area contributed by atoms with Crippen molar-refractivity contribution < 1.29 is 4.11 Å². The molecule has 1 fully saturated rings. The van der Waals surface area contributed by atoms with Gasteiger partial charge in [0.2, 0.25) is 0 Å². The van der Waals surface area contributed by atoms with Crippen LogP contribution in [0.25, 0.3) is 0 Å². The number of hydrogen-bond donors (Lipinski definition) is 1. The zero-order chi connectivity index (χ0) is 12.6. The van der Waals surface area contributed by atoms with E-state index in [0.717, 1.165) is 19.5 Å². The van der Waals surface area contributed by atoms with E-state index in [0.29, 0.717) is 11.7 Å². The molecule has 2 rings (SSSR count). The number of nitrogens with two attached hydrogens (primary N) is 1. The molecule has 3 heteroatoms. The van der Waals surface area contributed by atoms with Gasteiger partial charge in [0.1, 0.15) is 11.6 Å². The Balaban J connectivity index is 2.38. The first-order chi connectivity index (χ1) is 8.00. The van der Waals surface area contributed by atoms with Gasteiger partial charge >= 0.3 is 0 Å². The Morgan fingerprint density at radius 2 is 2.50 bits per heavy atom. The molecule has 0 aliphatic carbocycles. The van der Waals surface area contributed by atoms with Crippen LogP contribution in [0.5, 0.6) is 0 Å². The van der Waals surface area contributed by atoms with Gasteiger partial charge in [-0.1, -0.05) is 13.0 Å². The fourth-order valence-corrected chi connectivity index (χ4v) is 1.85. The quantitative estimate of drug-likeness (QED) is 0.742. The summed E-state index contributed by atoms with van der Waals surface area (Å²) in [4.78, 5) is 6.10. The van der Waals surface area contributed by atoms with E-state index < -0.39 is 0 Å². The van der Waals surface area contributed by atoms with Gasteiger partial charge in [-0.25, -0.2) is 4.98 Å². The van der Waals surface area contributed by atoms with Crippen LogP contribution in [0.4, 0.5) is 11.6 Å². The van der Waals surface area contributed by atoms with Gasteiger partial charge in [0.05, 0.1) is 4.11 Å². The zero-order valence-corrected chi connectivity index (χ0v) is 8.38. The van der Waals surface area contributed by atoms with Crippen molar-refractivity contribution in [2.75, 3.05) is 23.7 Å². The molecule has 2 heterocycles. The van der Waals surface area contributed by atoms with Crippen molar-refractivity contribution in [1.82, 2.24) is 4.98 Å². The number of pyridine rings is 1. The van der Waals surface area contributed by atoms with E-state index >= 15 is 0 Å². The Morgan fingerprint density at radius 3 is 3.29 bits per heavy atom. The number of aromatic nitrogens is 1. The summed E-state index contributed by atoms with van der Waals surface area (Å²) < 4.78 is 23.1. The standard InChI is InChI=1S/C11H17N3/c1-9-4-3-7-14(8-9)11-6-2-5-10(12)13-11/h2,5-6,9H,3-4,7-8H2,1H3,(H2,12,13)/i2D,5D,6D. The van der Waals surface area contributed by atoms with Gasteiger partial charge in [-0.3, -0.25) is 0 Å². The maximum Gasteiger partial charge on any atom is 0.130 e. The highest BCUT2D eigenvalue weighted by Gasteiger charge is 2.17. The molecule has 0 spiro atoms. The van der Waals surface area contributed by atoms with Crippen LogP contribution >= 0.6 is 0 Å². The van der Waals surface area contributed by atoms with Crippen molar-refractivity contribution in [3.63, 3.8) is 0 Å². The predicted octanol–water partition coefficient (Wildman–Crippen LogP) is 1.90. The third-order valence-corrected chi connectivity index (χ3v) is 2.55. The lowest BCUT2D eigenvalue weighted by atomic mass is 10.0. The molecule has 76 valence electrons. The lowest BCUT2D eigenvalue weighted by Crippen LogP contribution is -2.34. The molecule has 0 bridgehead atoms. The van der Waals surface area contributed by atoms with E-state index in [1.807, 2.05) is 4.90 Å². The van der Waals surface area contributed by atoms with Crippen LogP contribution in [0.15, 0.2) is 18.1 Å². The minimum Gasteiger partial charge on any atom is -0.384 e. The minimum atomic E-state index is -0.149. The second-order valence-corrected chi connectivity index (χ2v) is 3.89. The predicted molar refractivity (Wildman–Crippen MR) is 59.3 cm³/mol. The summed E-state index contributed by atoms with van der Waals surface area (Å²) >= 11 is 0. The Labute approximate surface area is 89.1 Å². The third-order valence-electron chi connectivity index (χ3n) is 2.55. The van der Waals surface area contributed by atoms with Gasteiger partial charge in [0, 0.05) is 13.1 Å². The molecule has 0 aromatic carbocycles. The lowest BCUT2D eigenvalue weighted by Gasteiger charge is -2.31. The second-order valence-electron chi connectivity index (χ2n) is 3.89. The van der Waals surface area contributed by atoms with Crippen LogP contribution in [-0.2, 0) is 0 Å². The lowest BCUT2D eigenvalue weighted by molar-refractivity contribution is 0.444. The van der Waals surface area contributed by atoms with Gasteiger partial charge < -0.3 is 10.6 Å². The second kappa shape index (κ2) is 3.86. The molecule has 2 N–H and O–H groups in total. The van der Waals surface area contributed by atoms with Crippen molar-refractivity contribution >= 4 is 11.6 Å².